The fraction of sp³-hybridized carbons (Fsp3) is 0.474. The van der Waals surface area contributed by atoms with Gasteiger partial charge in [-0.2, -0.15) is 0 Å². The lowest BCUT2D eigenvalue weighted by Gasteiger charge is -2.32. The lowest BCUT2D eigenvalue weighted by atomic mass is 9.82. The Morgan fingerprint density at radius 3 is 2.46 bits per heavy atom. The third-order valence-corrected chi connectivity index (χ3v) is 5.38. The van der Waals surface area contributed by atoms with Crippen LogP contribution in [0.2, 0.25) is 0 Å². The first kappa shape index (κ1) is 21.1. The fourth-order valence-electron chi connectivity index (χ4n) is 2.51. The largest absolute Gasteiger partial charge is 0.525 e. The summed E-state index contributed by atoms with van der Waals surface area (Å²) in [4.78, 5) is 0. The van der Waals surface area contributed by atoms with Gasteiger partial charge in [-0.05, 0) is 63.5 Å². The molecule has 0 radical (unpaired) electrons. The highest BCUT2D eigenvalue weighted by atomic mass is 79.9. The third-order valence-electron chi connectivity index (χ3n) is 4.68. The predicted molar refractivity (Wildman–Crippen MR) is 102 cm³/mol. The van der Waals surface area contributed by atoms with Crippen molar-refractivity contribution in [3.8, 4) is 12.3 Å². The van der Waals surface area contributed by atoms with Crippen molar-refractivity contribution in [1.82, 2.24) is 0 Å². The van der Waals surface area contributed by atoms with Crippen LogP contribution in [0.4, 0.5) is 8.78 Å². The minimum Gasteiger partial charge on any atom is -0.398 e. The second kappa shape index (κ2) is 8.22. The maximum atomic E-state index is 15.4. The van der Waals surface area contributed by atoms with Crippen LogP contribution in [0.5, 0.6) is 0 Å². The van der Waals surface area contributed by atoms with E-state index in [-0.39, 0.29) is 25.2 Å². The topological polar surface area (TPSA) is 27.7 Å². The molecule has 0 spiro atoms. The van der Waals surface area contributed by atoms with E-state index in [4.69, 9.17) is 20.5 Å². The number of rotatable bonds is 6. The zero-order valence-corrected chi connectivity index (χ0v) is 17.0. The van der Waals surface area contributed by atoms with Crippen molar-refractivity contribution in [3.63, 3.8) is 0 Å². The molecule has 0 aliphatic carbocycles. The summed E-state index contributed by atoms with van der Waals surface area (Å²) in [5.41, 5.74) is -1.31. The smallest absolute Gasteiger partial charge is 0.398 e. The van der Waals surface area contributed by atoms with Gasteiger partial charge in [0.05, 0.1) is 17.8 Å². The number of hydrogen-bond donors (Lipinski definition) is 0. The molecule has 0 atom stereocenters. The molecule has 1 aromatic rings. The maximum Gasteiger partial charge on any atom is 0.525 e. The number of ether oxygens (including phenoxy) is 1. The van der Waals surface area contributed by atoms with Gasteiger partial charge in [0.25, 0.3) is 0 Å². The van der Waals surface area contributed by atoms with Crippen LogP contribution >= 0.6 is 15.9 Å². The molecule has 0 N–H and O–H groups in total. The molecule has 0 amide bonds. The first-order chi connectivity index (χ1) is 12.1. The Balaban J connectivity index is 2.40. The van der Waals surface area contributed by atoms with Crippen molar-refractivity contribution >= 4 is 28.6 Å². The molecular weight excluding hydrogens is 405 g/mol. The molecule has 0 aromatic heterocycles. The SMILES string of the molecule is C#CCOCCC(=C(F)B1OC(C)(C)C(C)(C)O1)c1cc(F)ccc1Br. The van der Waals surface area contributed by atoms with E-state index in [1.807, 2.05) is 27.7 Å². The van der Waals surface area contributed by atoms with Gasteiger partial charge >= 0.3 is 7.12 Å². The average Bonchev–Trinajstić information content (AvgIpc) is 2.78. The van der Waals surface area contributed by atoms with Crippen LogP contribution in [0, 0.1) is 18.2 Å². The van der Waals surface area contributed by atoms with Gasteiger partial charge in [0, 0.05) is 4.47 Å². The van der Waals surface area contributed by atoms with Gasteiger partial charge in [-0.25, -0.2) is 8.78 Å². The van der Waals surface area contributed by atoms with Gasteiger partial charge in [0.2, 0.25) is 0 Å². The summed E-state index contributed by atoms with van der Waals surface area (Å²) >= 11 is 3.35. The lowest BCUT2D eigenvalue weighted by Crippen LogP contribution is -2.41. The van der Waals surface area contributed by atoms with Crippen LogP contribution in [0.25, 0.3) is 5.57 Å². The number of terminal acetylenes is 1. The molecule has 1 fully saturated rings. The van der Waals surface area contributed by atoms with E-state index in [2.05, 4.69) is 21.9 Å². The van der Waals surface area contributed by atoms with Crippen molar-refractivity contribution < 1.29 is 22.8 Å². The monoisotopic (exact) mass is 426 g/mol. The molecule has 2 rings (SSSR count). The van der Waals surface area contributed by atoms with Crippen LogP contribution < -0.4 is 0 Å². The molecule has 26 heavy (non-hydrogen) atoms. The van der Waals surface area contributed by atoms with Crippen molar-refractivity contribution in [1.29, 1.82) is 0 Å². The quantitative estimate of drug-likeness (QED) is 0.366. The van der Waals surface area contributed by atoms with E-state index in [0.717, 1.165) is 0 Å². The van der Waals surface area contributed by atoms with Gasteiger partial charge in [-0.3, -0.25) is 0 Å². The normalized spacial score (nSPS) is 19.2. The van der Waals surface area contributed by atoms with Gasteiger partial charge in [0.1, 0.15) is 18.2 Å². The standard InChI is InChI=1S/C19H22BBrF2O3/c1-6-10-24-11-9-14(15-12-13(22)7-8-16(15)21)17(23)20-25-18(2,3)19(4,5)26-20/h1,7-8,12H,9-11H2,2-5H3. The first-order valence-corrected chi connectivity index (χ1v) is 9.09. The van der Waals surface area contributed by atoms with Gasteiger partial charge in [-0.15, -0.1) is 6.42 Å². The predicted octanol–water partition coefficient (Wildman–Crippen LogP) is 4.94. The van der Waals surface area contributed by atoms with Crippen LogP contribution in [-0.4, -0.2) is 31.5 Å². The summed E-state index contributed by atoms with van der Waals surface area (Å²) in [5.74, 6) is 1.89. The third kappa shape index (κ3) is 4.55. The molecule has 3 nitrogen and oxygen atoms in total. The molecule has 140 valence electrons. The molecule has 7 heteroatoms. The van der Waals surface area contributed by atoms with Crippen molar-refractivity contribution in [2.24, 2.45) is 0 Å². The Morgan fingerprint density at radius 1 is 1.27 bits per heavy atom. The zero-order chi connectivity index (χ0) is 19.5. The van der Waals surface area contributed by atoms with E-state index >= 15 is 4.39 Å². The van der Waals surface area contributed by atoms with Gasteiger partial charge in [0.15, 0.2) is 0 Å². The zero-order valence-electron chi connectivity index (χ0n) is 15.4. The summed E-state index contributed by atoms with van der Waals surface area (Å²) in [6.45, 7) is 7.68. The summed E-state index contributed by atoms with van der Waals surface area (Å²) in [6.07, 6.45) is 5.36. The molecule has 0 unspecified atom stereocenters. The van der Waals surface area contributed by atoms with E-state index in [1.54, 1.807) is 0 Å². The summed E-state index contributed by atoms with van der Waals surface area (Å²) in [6, 6.07) is 4.10. The van der Waals surface area contributed by atoms with E-state index < -0.39 is 29.9 Å². The average molecular weight is 427 g/mol. The van der Waals surface area contributed by atoms with Crippen LogP contribution in [-0.2, 0) is 14.0 Å². The van der Waals surface area contributed by atoms with Crippen LogP contribution in [0.3, 0.4) is 0 Å². The van der Waals surface area contributed by atoms with Gasteiger partial charge < -0.3 is 14.0 Å². The number of halogens is 3. The molecule has 1 aliphatic heterocycles. The molecule has 1 saturated heterocycles. The molecule has 1 heterocycles. The van der Waals surface area contributed by atoms with E-state index in [9.17, 15) is 4.39 Å². The fourth-order valence-corrected chi connectivity index (χ4v) is 2.99. The molecule has 0 saturated carbocycles. The highest BCUT2D eigenvalue weighted by Gasteiger charge is 2.53. The van der Waals surface area contributed by atoms with E-state index in [0.29, 0.717) is 10.0 Å². The summed E-state index contributed by atoms with van der Waals surface area (Å²) in [7, 11) is -1.17. The van der Waals surface area contributed by atoms with E-state index in [1.165, 1.54) is 18.2 Å². The van der Waals surface area contributed by atoms with Gasteiger partial charge in [-0.1, -0.05) is 21.9 Å². The molecule has 0 bridgehead atoms. The highest BCUT2D eigenvalue weighted by molar-refractivity contribution is 9.10. The minimum absolute atomic E-state index is 0.121. The Labute approximate surface area is 162 Å². The number of benzene rings is 1. The highest BCUT2D eigenvalue weighted by Crippen LogP contribution is 2.41. The molecule has 1 aliphatic rings. The van der Waals surface area contributed by atoms with Crippen LogP contribution in [0.1, 0.15) is 39.7 Å². The summed E-state index contributed by atoms with van der Waals surface area (Å²) in [5, 5.41) is 0. The Kier molecular flexibility index (Phi) is 6.67. The Bertz CT molecular complexity index is 725. The molecular formula is C19H22BBrF2O3. The number of hydrogen-bond acceptors (Lipinski definition) is 3. The second-order valence-electron chi connectivity index (χ2n) is 7.05. The van der Waals surface area contributed by atoms with Crippen molar-refractivity contribution in [2.45, 2.75) is 45.3 Å². The molecule has 1 aromatic carbocycles. The minimum atomic E-state index is -1.17. The maximum absolute atomic E-state index is 15.4. The summed E-state index contributed by atoms with van der Waals surface area (Å²) < 4.78 is 46.5. The van der Waals surface area contributed by atoms with Crippen molar-refractivity contribution in [2.75, 3.05) is 13.2 Å². The first-order valence-electron chi connectivity index (χ1n) is 8.30. The van der Waals surface area contributed by atoms with Crippen LogP contribution in [0.15, 0.2) is 28.4 Å². The lowest BCUT2D eigenvalue weighted by molar-refractivity contribution is 0.00578. The Hall–Kier alpha value is -1.20. The van der Waals surface area contributed by atoms with Crippen molar-refractivity contribution in [3.05, 3.63) is 39.8 Å². The second-order valence-corrected chi connectivity index (χ2v) is 7.90. The Morgan fingerprint density at radius 2 is 1.88 bits per heavy atom.